The molecule has 16 heavy (non-hydrogen) atoms. The van der Waals surface area contributed by atoms with Gasteiger partial charge in [-0.15, -0.1) is 0 Å². The molecule has 0 bridgehead atoms. The average Bonchev–Trinajstić information content (AvgIpc) is 2.38. The van der Waals surface area contributed by atoms with Gasteiger partial charge in [-0.25, -0.2) is 0 Å². The Labute approximate surface area is 99.9 Å². The van der Waals surface area contributed by atoms with Gasteiger partial charge in [-0.2, -0.15) is 0 Å². The molecular formula is C15H26O. The van der Waals surface area contributed by atoms with E-state index < -0.39 is 5.60 Å². The van der Waals surface area contributed by atoms with Crippen molar-refractivity contribution in [2.75, 3.05) is 0 Å². The van der Waals surface area contributed by atoms with Crippen LogP contribution in [0, 0.1) is 23.7 Å². The fraction of sp³-hybridized carbons (Fsp3) is 0.867. The summed E-state index contributed by atoms with van der Waals surface area (Å²) in [5.41, 5.74) is 1.12. The van der Waals surface area contributed by atoms with Crippen molar-refractivity contribution in [3.05, 3.63) is 11.6 Å². The molecule has 2 aliphatic rings. The molecule has 1 nitrogen and oxygen atoms in total. The lowest BCUT2D eigenvalue weighted by Gasteiger charge is -2.29. The van der Waals surface area contributed by atoms with Gasteiger partial charge in [0.2, 0.25) is 0 Å². The fourth-order valence-electron chi connectivity index (χ4n) is 3.61. The molecule has 2 aliphatic carbocycles. The minimum atomic E-state index is -0.455. The summed E-state index contributed by atoms with van der Waals surface area (Å²) in [7, 11) is 0. The number of hydrogen-bond donors (Lipinski definition) is 1. The molecule has 4 atom stereocenters. The Bertz CT molecular complexity index is 288. The summed E-state index contributed by atoms with van der Waals surface area (Å²) in [6.07, 6.45) is 7.16. The van der Waals surface area contributed by atoms with E-state index in [-0.39, 0.29) is 0 Å². The first kappa shape index (κ1) is 12.2. The number of hydrogen-bond acceptors (Lipinski definition) is 1. The first-order valence-corrected chi connectivity index (χ1v) is 6.85. The number of allylic oxidation sites excluding steroid dienone is 1. The van der Waals surface area contributed by atoms with E-state index >= 15 is 0 Å². The predicted molar refractivity (Wildman–Crippen MR) is 68.2 cm³/mol. The highest BCUT2D eigenvalue weighted by Crippen LogP contribution is 2.48. The first-order chi connectivity index (χ1) is 7.42. The van der Waals surface area contributed by atoms with Gasteiger partial charge in [0.25, 0.3) is 0 Å². The van der Waals surface area contributed by atoms with E-state index in [4.69, 9.17) is 0 Å². The van der Waals surface area contributed by atoms with Gasteiger partial charge in [-0.1, -0.05) is 32.4 Å². The molecule has 0 aromatic rings. The highest BCUT2D eigenvalue weighted by Gasteiger charge is 2.45. The van der Waals surface area contributed by atoms with Gasteiger partial charge in [0.15, 0.2) is 0 Å². The van der Waals surface area contributed by atoms with Gasteiger partial charge in [-0.3, -0.25) is 0 Å². The van der Waals surface area contributed by atoms with Gasteiger partial charge >= 0.3 is 0 Å². The van der Waals surface area contributed by atoms with Crippen molar-refractivity contribution in [2.24, 2.45) is 23.7 Å². The molecule has 0 radical (unpaired) electrons. The van der Waals surface area contributed by atoms with Crippen LogP contribution in [0.2, 0.25) is 0 Å². The third-order valence-electron chi connectivity index (χ3n) is 4.92. The Kier molecular flexibility index (Phi) is 3.18. The Morgan fingerprint density at radius 3 is 2.69 bits per heavy atom. The minimum Gasteiger partial charge on any atom is -0.390 e. The van der Waals surface area contributed by atoms with Crippen LogP contribution >= 0.6 is 0 Å². The van der Waals surface area contributed by atoms with Gasteiger partial charge in [0.05, 0.1) is 5.60 Å². The van der Waals surface area contributed by atoms with Crippen molar-refractivity contribution in [3.63, 3.8) is 0 Å². The molecule has 1 fully saturated rings. The van der Waals surface area contributed by atoms with Crippen LogP contribution in [-0.4, -0.2) is 10.7 Å². The third kappa shape index (κ3) is 2.07. The van der Waals surface area contributed by atoms with Crippen LogP contribution in [0.15, 0.2) is 11.6 Å². The van der Waals surface area contributed by atoms with Crippen molar-refractivity contribution in [1.29, 1.82) is 0 Å². The van der Waals surface area contributed by atoms with Crippen molar-refractivity contribution >= 4 is 0 Å². The number of rotatable bonds is 1. The van der Waals surface area contributed by atoms with Crippen LogP contribution in [0.4, 0.5) is 0 Å². The molecule has 0 amide bonds. The van der Waals surface area contributed by atoms with Crippen molar-refractivity contribution in [1.82, 2.24) is 0 Å². The van der Waals surface area contributed by atoms with Crippen LogP contribution in [0.3, 0.4) is 0 Å². The van der Waals surface area contributed by atoms with Gasteiger partial charge < -0.3 is 5.11 Å². The number of fused-ring (bicyclic) bond motifs is 1. The lowest BCUT2D eigenvalue weighted by molar-refractivity contribution is 0.0256. The molecule has 1 N–H and O–H groups in total. The Balaban J connectivity index is 2.30. The van der Waals surface area contributed by atoms with Gasteiger partial charge in [-0.05, 0) is 50.4 Å². The van der Waals surface area contributed by atoms with Crippen LogP contribution in [0.5, 0.6) is 0 Å². The van der Waals surface area contributed by atoms with Crippen molar-refractivity contribution in [2.45, 2.75) is 59.0 Å². The van der Waals surface area contributed by atoms with Gasteiger partial charge in [0, 0.05) is 5.92 Å². The average molecular weight is 222 g/mol. The molecule has 0 aromatic carbocycles. The molecule has 2 rings (SSSR count). The van der Waals surface area contributed by atoms with Crippen molar-refractivity contribution in [3.8, 4) is 0 Å². The second kappa shape index (κ2) is 4.18. The summed E-state index contributed by atoms with van der Waals surface area (Å²) in [4.78, 5) is 0. The van der Waals surface area contributed by atoms with Crippen LogP contribution in [-0.2, 0) is 0 Å². The Hall–Kier alpha value is -0.300. The standard InChI is InChI=1S/C15H26O/c1-10(2)12-6-5-11(3)13-7-8-15(4,16)14(13)9-12/h9-11,13-14,16H,5-8H2,1-4H3. The third-order valence-corrected chi connectivity index (χ3v) is 4.92. The van der Waals surface area contributed by atoms with E-state index in [0.717, 1.165) is 12.3 Å². The fourth-order valence-corrected chi connectivity index (χ4v) is 3.61. The summed E-state index contributed by atoms with van der Waals surface area (Å²) < 4.78 is 0. The second-order valence-corrected chi connectivity index (χ2v) is 6.50. The maximum Gasteiger partial charge on any atom is 0.0685 e. The van der Waals surface area contributed by atoms with E-state index in [9.17, 15) is 5.11 Å². The van der Waals surface area contributed by atoms with E-state index in [1.54, 1.807) is 5.57 Å². The maximum absolute atomic E-state index is 10.5. The largest absolute Gasteiger partial charge is 0.390 e. The predicted octanol–water partition coefficient (Wildman–Crippen LogP) is 3.78. The molecule has 0 aliphatic heterocycles. The summed E-state index contributed by atoms with van der Waals surface area (Å²) in [6.45, 7) is 8.96. The number of aliphatic hydroxyl groups is 1. The summed E-state index contributed by atoms with van der Waals surface area (Å²) >= 11 is 0. The Morgan fingerprint density at radius 2 is 2.06 bits per heavy atom. The smallest absolute Gasteiger partial charge is 0.0685 e. The zero-order valence-electron chi connectivity index (χ0n) is 11.2. The second-order valence-electron chi connectivity index (χ2n) is 6.50. The SMILES string of the molecule is CC(C)C1=CC2C(CCC2(C)O)C(C)CC1. The molecule has 0 saturated heterocycles. The summed E-state index contributed by atoms with van der Waals surface area (Å²) in [5, 5.41) is 10.5. The van der Waals surface area contributed by atoms with Crippen LogP contribution in [0.1, 0.15) is 53.4 Å². The summed E-state index contributed by atoms with van der Waals surface area (Å²) in [5.74, 6) is 2.53. The molecule has 0 aromatic heterocycles. The minimum absolute atomic E-state index is 0.405. The van der Waals surface area contributed by atoms with Crippen LogP contribution < -0.4 is 0 Å². The lowest BCUT2D eigenvalue weighted by atomic mass is 9.80. The molecule has 0 heterocycles. The van der Waals surface area contributed by atoms with Crippen LogP contribution in [0.25, 0.3) is 0 Å². The molecular weight excluding hydrogens is 196 g/mol. The molecule has 1 heteroatoms. The topological polar surface area (TPSA) is 20.2 Å². The van der Waals surface area contributed by atoms with E-state index in [0.29, 0.717) is 17.8 Å². The summed E-state index contributed by atoms with van der Waals surface area (Å²) in [6, 6.07) is 0. The monoisotopic (exact) mass is 222 g/mol. The molecule has 0 spiro atoms. The first-order valence-electron chi connectivity index (χ1n) is 6.85. The quantitative estimate of drug-likeness (QED) is 0.669. The Morgan fingerprint density at radius 1 is 1.38 bits per heavy atom. The normalized spacial score (nSPS) is 44.1. The maximum atomic E-state index is 10.5. The van der Waals surface area contributed by atoms with Crippen molar-refractivity contribution < 1.29 is 5.11 Å². The highest BCUT2D eigenvalue weighted by molar-refractivity contribution is 5.16. The molecule has 92 valence electrons. The molecule has 1 saturated carbocycles. The zero-order valence-corrected chi connectivity index (χ0v) is 11.2. The molecule has 4 unspecified atom stereocenters. The lowest BCUT2D eigenvalue weighted by Crippen LogP contribution is -2.31. The zero-order chi connectivity index (χ0) is 11.9. The van der Waals surface area contributed by atoms with Gasteiger partial charge in [0.1, 0.15) is 0 Å². The van der Waals surface area contributed by atoms with E-state index in [1.165, 1.54) is 19.3 Å². The van der Waals surface area contributed by atoms with E-state index in [2.05, 4.69) is 26.8 Å². The highest BCUT2D eigenvalue weighted by atomic mass is 16.3. The van der Waals surface area contributed by atoms with E-state index in [1.807, 2.05) is 6.92 Å².